The van der Waals surface area contributed by atoms with E-state index in [1.54, 1.807) is 37.4 Å². The fraction of sp³-hybridized carbons (Fsp3) is 0.409. The lowest BCUT2D eigenvalue weighted by atomic mass is 9.97. The molecule has 3 N–H and O–H groups in total. The SMILES string of the molecule is CNNS(=O)(=O)c1ccc(C2C(C(=O)Nc3cc(Cl)ccc3OC)C23CCCC3)cc1. The number of hydrazine groups is 1. The predicted octanol–water partition coefficient (Wildman–Crippen LogP) is 3.67. The lowest BCUT2D eigenvalue weighted by Crippen LogP contribution is -2.34. The van der Waals surface area contributed by atoms with E-state index < -0.39 is 10.0 Å². The van der Waals surface area contributed by atoms with Crippen LogP contribution >= 0.6 is 11.6 Å². The zero-order valence-corrected chi connectivity index (χ0v) is 19.0. The molecule has 4 rings (SSSR count). The summed E-state index contributed by atoms with van der Waals surface area (Å²) < 4.78 is 29.7. The molecule has 1 spiro atoms. The quantitative estimate of drug-likeness (QED) is 0.544. The van der Waals surface area contributed by atoms with Gasteiger partial charge in [0.1, 0.15) is 5.75 Å². The van der Waals surface area contributed by atoms with Crippen molar-refractivity contribution in [3.63, 3.8) is 0 Å². The van der Waals surface area contributed by atoms with Gasteiger partial charge in [-0.2, -0.15) is 0 Å². The Bertz CT molecular complexity index is 1080. The molecule has 2 aliphatic carbocycles. The Labute approximate surface area is 187 Å². The molecule has 2 fully saturated rings. The molecule has 1 amide bonds. The summed E-state index contributed by atoms with van der Waals surface area (Å²) in [5.74, 6) is 0.397. The molecule has 0 bridgehead atoms. The number of carbonyl (C=O) groups is 1. The van der Waals surface area contributed by atoms with Gasteiger partial charge in [0.05, 0.1) is 23.6 Å². The summed E-state index contributed by atoms with van der Waals surface area (Å²) in [6.07, 6.45) is 4.17. The van der Waals surface area contributed by atoms with E-state index in [2.05, 4.69) is 15.6 Å². The summed E-state index contributed by atoms with van der Waals surface area (Å²) >= 11 is 6.11. The summed E-state index contributed by atoms with van der Waals surface area (Å²) in [4.78, 5) is 15.7. The molecule has 0 aromatic heterocycles. The average Bonchev–Trinajstić information content (AvgIpc) is 3.12. The number of amides is 1. The molecule has 2 unspecified atom stereocenters. The van der Waals surface area contributed by atoms with Gasteiger partial charge in [-0.1, -0.05) is 36.6 Å². The number of benzene rings is 2. The molecule has 2 aliphatic rings. The van der Waals surface area contributed by atoms with Crippen LogP contribution in [-0.4, -0.2) is 28.5 Å². The molecule has 2 saturated carbocycles. The molecule has 31 heavy (non-hydrogen) atoms. The Morgan fingerprint density at radius 3 is 2.42 bits per heavy atom. The predicted molar refractivity (Wildman–Crippen MR) is 120 cm³/mol. The van der Waals surface area contributed by atoms with Crippen molar-refractivity contribution >= 4 is 33.2 Å². The molecule has 9 heteroatoms. The van der Waals surface area contributed by atoms with Gasteiger partial charge in [0.2, 0.25) is 5.91 Å². The molecule has 0 saturated heterocycles. The second-order valence-electron chi connectivity index (χ2n) is 8.15. The number of ether oxygens (including phenoxy) is 1. The molecule has 2 aromatic rings. The van der Waals surface area contributed by atoms with Crippen LogP contribution in [0.4, 0.5) is 5.69 Å². The number of hydrogen-bond donors (Lipinski definition) is 3. The van der Waals surface area contributed by atoms with E-state index >= 15 is 0 Å². The maximum absolute atomic E-state index is 13.3. The van der Waals surface area contributed by atoms with Gasteiger partial charge < -0.3 is 10.1 Å². The van der Waals surface area contributed by atoms with Crippen LogP contribution in [-0.2, 0) is 14.8 Å². The summed E-state index contributed by atoms with van der Waals surface area (Å²) in [6, 6.07) is 11.9. The van der Waals surface area contributed by atoms with E-state index in [0.717, 1.165) is 31.2 Å². The minimum absolute atomic E-state index is 0.0546. The fourth-order valence-corrected chi connectivity index (χ4v) is 6.17. The van der Waals surface area contributed by atoms with E-state index in [9.17, 15) is 13.2 Å². The van der Waals surface area contributed by atoms with Crippen LogP contribution in [0.15, 0.2) is 47.4 Å². The Hall–Kier alpha value is -2.13. The monoisotopic (exact) mass is 463 g/mol. The minimum atomic E-state index is -3.61. The first-order valence-electron chi connectivity index (χ1n) is 10.3. The highest BCUT2D eigenvalue weighted by molar-refractivity contribution is 7.89. The molecule has 2 aromatic carbocycles. The third kappa shape index (κ3) is 4.05. The number of sulfonamides is 1. The number of methoxy groups -OCH3 is 1. The van der Waals surface area contributed by atoms with Crippen molar-refractivity contribution in [1.82, 2.24) is 10.3 Å². The van der Waals surface area contributed by atoms with Gasteiger partial charge in [0.25, 0.3) is 10.0 Å². The number of rotatable bonds is 7. The highest BCUT2D eigenvalue weighted by atomic mass is 35.5. The van der Waals surface area contributed by atoms with Crippen molar-refractivity contribution in [1.29, 1.82) is 0 Å². The second-order valence-corrected chi connectivity index (χ2v) is 10.3. The third-order valence-electron chi connectivity index (χ3n) is 6.49. The van der Waals surface area contributed by atoms with Crippen molar-refractivity contribution in [2.45, 2.75) is 36.5 Å². The topological polar surface area (TPSA) is 96.5 Å². The van der Waals surface area contributed by atoms with E-state index in [0.29, 0.717) is 16.5 Å². The van der Waals surface area contributed by atoms with Crippen LogP contribution in [0, 0.1) is 11.3 Å². The molecule has 0 heterocycles. The number of carbonyl (C=O) groups excluding carboxylic acids is 1. The van der Waals surface area contributed by atoms with Crippen LogP contribution in [0.2, 0.25) is 5.02 Å². The lowest BCUT2D eigenvalue weighted by molar-refractivity contribution is -0.118. The molecule has 0 radical (unpaired) electrons. The third-order valence-corrected chi connectivity index (χ3v) is 8.09. The average molecular weight is 464 g/mol. The normalized spacial score (nSPS) is 21.8. The number of anilines is 1. The van der Waals surface area contributed by atoms with Crippen LogP contribution in [0.1, 0.15) is 37.2 Å². The van der Waals surface area contributed by atoms with Crippen LogP contribution in [0.25, 0.3) is 0 Å². The van der Waals surface area contributed by atoms with Gasteiger partial charge >= 0.3 is 0 Å². The Morgan fingerprint density at radius 2 is 1.81 bits per heavy atom. The molecule has 7 nitrogen and oxygen atoms in total. The first-order valence-corrected chi connectivity index (χ1v) is 12.1. The Kier molecular flexibility index (Phi) is 6.00. The minimum Gasteiger partial charge on any atom is -0.495 e. The standard InChI is InChI=1S/C22H26ClN3O4S/c1-24-26-31(28,29)16-8-5-14(6-9-16)19-20(22(19)11-3-4-12-22)21(27)25-17-13-15(23)7-10-18(17)30-2/h5-10,13,19-20,24,26H,3-4,11-12H2,1-2H3,(H,25,27). The van der Waals surface area contributed by atoms with Crippen molar-refractivity contribution in [3.05, 3.63) is 53.1 Å². The molecule has 166 valence electrons. The van der Waals surface area contributed by atoms with Gasteiger partial charge in [-0.05, 0) is 61.2 Å². The fourth-order valence-electron chi connectivity index (χ4n) is 5.12. The zero-order valence-electron chi connectivity index (χ0n) is 17.4. The summed E-state index contributed by atoms with van der Waals surface area (Å²) in [5, 5.41) is 3.52. The number of halogens is 1. The zero-order chi connectivity index (χ0) is 22.2. The maximum atomic E-state index is 13.3. The first kappa shape index (κ1) is 22.1. The van der Waals surface area contributed by atoms with E-state index in [1.165, 1.54) is 7.05 Å². The summed E-state index contributed by atoms with van der Waals surface area (Å²) in [6.45, 7) is 0. The Morgan fingerprint density at radius 1 is 1.13 bits per heavy atom. The lowest BCUT2D eigenvalue weighted by Gasteiger charge is -2.12. The maximum Gasteiger partial charge on any atom is 0.253 e. The van der Waals surface area contributed by atoms with E-state index in [1.807, 2.05) is 12.1 Å². The van der Waals surface area contributed by atoms with Crippen LogP contribution in [0.3, 0.4) is 0 Å². The number of nitrogens with one attached hydrogen (secondary N) is 3. The molecule has 0 aliphatic heterocycles. The molecule has 2 atom stereocenters. The smallest absolute Gasteiger partial charge is 0.253 e. The largest absolute Gasteiger partial charge is 0.495 e. The highest BCUT2D eigenvalue weighted by Gasteiger charge is 2.68. The van der Waals surface area contributed by atoms with Crippen molar-refractivity contribution in [2.24, 2.45) is 11.3 Å². The van der Waals surface area contributed by atoms with Gasteiger partial charge in [0.15, 0.2) is 0 Å². The van der Waals surface area contributed by atoms with Gasteiger partial charge in [0, 0.05) is 10.9 Å². The van der Waals surface area contributed by atoms with Gasteiger partial charge in [-0.3, -0.25) is 4.79 Å². The van der Waals surface area contributed by atoms with E-state index in [4.69, 9.17) is 16.3 Å². The molecular formula is C22H26ClN3O4S. The van der Waals surface area contributed by atoms with Crippen molar-refractivity contribution < 1.29 is 17.9 Å². The van der Waals surface area contributed by atoms with Crippen LogP contribution < -0.4 is 20.3 Å². The van der Waals surface area contributed by atoms with Crippen molar-refractivity contribution in [2.75, 3.05) is 19.5 Å². The second kappa shape index (κ2) is 8.43. The summed E-state index contributed by atoms with van der Waals surface area (Å²) in [5.41, 5.74) is 3.92. The summed E-state index contributed by atoms with van der Waals surface area (Å²) in [7, 11) is -0.560. The van der Waals surface area contributed by atoms with Crippen LogP contribution in [0.5, 0.6) is 5.75 Å². The first-order chi connectivity index (χ1) is 14.8. The van der Waals surface area contributed by atoms with Gasteiger partial charge in [-0.15, -0.1) is 4.83 Å². The van der Waals surface area contributed by atoms with Crippen molar-refractivity contribution in [3.8, 4) is 5.75 Å². The highest BCUT2D eigenvalue weighted by Crippen LogP contribution is 2.72. The van der Waals surface area contributed by atoms with E-state index in [-0.39, 0.29) is 28.1 Å². The molecular weight excluding hydrogens is 438 g/mol. The van der Waals surface area contributed by atoms with Gasteiger partial charge in [-0.25, -0.2) is 13.8 Å². The Balaban J connectivity index is 1.59. The number of hydrogen-bond acceptors (Lipinski definition) is 5.